The molecular weight excluding hydrogens is 330 g/mol. The number of benzene rings is 2. The highest BCUT2D eigenvalue weighted by Gasteiger charge is 2.18. The van der Waals surface area contributed by atoms with Crippen LogP contribution in [0, 0.1) is 11.3 Å². The summed E-state index contributed by atoms with van der Waals surface area (Å²) in [5, 5.41) is 12.6. The zero-order chi connectivity index (χ0) is 18.5. The van der Waals surface area contributed by atoms with E-state index in [2.05, 4.69) is 16.4 Å². The number of nitriles is 1. The number of nitrogens with one attached hydrogen (secondary N) is 1. The molecule has 1 N–H and O–H groups in total. The molecule has 1 atom stereocenters. The van der Waals surface area contributed by atoms with E-state index >= 15 is 0 Å². The molecule has 0 spiro atoms. The monoisotopic (exact) mass is 349 g/mol. The first kappa shape index (κ1) is 17.4. The molecule has 0 unspecified atom stereocenters. The zero-order valence-electron chi connectivity index (χ0n) is 14.8. The molecule has 0 saturated carbocycles. The van der Waals surface area contributed by atoms with Crippen LogP contribution < -0.4 is 14.8 Å². The molecule has 132 valence electrons. The Kier molecular flexibility index (Phi) is 5.09. The third-order valence-corrected chi connectivity index (χ3v) is 4.01. The molecule has 0 radical (unpaired) electrons. The second kappa shape index (κ2) is 7.62. The highest BCUT2D eigenvalue weighted by Crippen LogP contribution is 2.34. The lowest BCUT2D eigenvalue weighted by atomic mass is 10.1. The Hall–Kier alpha value is -3.46. The maximum absolute atomic E-state index is 9.39. The second-order valence-electron chi connectivity index (χ2n) is 5.66. The predicted molar refractivity (Wildman–Crippen MR) is 98.2 cm³/mol. The molecule has 6 nitrogen and oxygen atoms in total. The van der Waals surface area contributed by atoms with Crippen molar-refractivity contribution in [2.45, 2.75) is 13.0 Å². The van der Waals surface area contributed by atoms with Crippen LogP contribution >= 0.6 is 0 Å². The van der Waals surface area contributed by atoms with Crippen molar-refractivity contribution in [2.75, 3.05) is 19.5 Å². The van der Waals surface area contributed by atoms with E-state index < -0.39 is 0 Å². The van der Waals surface area contributed by atoms with Gasteiger partial charge in [0.25, 0.3) is 0 Å². The van der Waals surface area contributed by atoms with Crippen molar-refractivity contribution in [1.82, 2.24) is 4.98 Å². The topological polar surface area (TPSA) is 80.3 Å². The number of methoxy groups -OCH3 is 2. The van der Waals surface area contributed by atoms with Gasteiger partial charge in [-0.2, -0.15) is 10.2 Å². The summed E-state index contributed by atoms with van der Waals surface area (Å²) in [7, 11) is 3.13. The molecule has 0 amide bonds. The predicted octanol–water partition coefficient (Wildman–Crippen LogP) is 4.40. The summed E-state index contributed by atoms with van der Waals surface area (Å²) < 4.78 is 16.4. The number of ether oxygens (including phenoxy) is 2. The summed E-state index contributed by atoms with van der Waals surface area (Å²) in [5.74, 6) is 1.85. The number of anilines is 1. The van der Waals surface area contributed by atoms with Crippen LogP contribution in [0.25, 0.3) is 11.5 Å². The smallest absolute Gasteiger partial charge is 0.233 e. The van der Waals surface area contributed by atoms with Crippen molar-refractivity contribution in [3.8, 4) is 29.0 Å². The van der Waals surface area contributed by atoms with E-state index in [1.165, 1.54) is 0 Å². The van der Waals surface area contributed by atoms with E-state index in [0.717, 1.165) is 5.56 Å². The maximum atomic E-state index is 9.39. The van der Waals surface area contributed by atoms with Crippen LogP contribution in [0.3, 0.4) is 0 Å². The van der Waals surface area contributed by atoms with E-state index in [4.69, 9.17) is 13.9 Å². The van der Waals surface area contributed by atoms with E-state index in [1.54, 1.807) is 32.4 Å². The summed E-state index contributed by atoms with van der Waals surface area (Å²) in [5.41, 5.74) is 1.98. The normalized spacial score (nSPS) is 11.5. The van der Waals surface area contributed by atoms with Gasteiger partial charge in [-0.05, 0) is 30.7 Å². The molecule has 0 bridgehead atoms. The van der Waals surface area contributed by atoms with Crippen molar-refractivity contribution in [3.63, 3.8) is 0 Å². The van der Waals surface area contributed by atoms with Gasteiger partial charge < -0.3 is 19.2 Å². The van der Waals surface area contributed by atoms with Gasteiger partial charge in [-0.3, -0.25) is 0 Å². The Bertz CT molecular complexity index is 929. The zero-order valence-corrected chi connectivity index (χ0v) is 14.8. The van der Waals surface area contributed by atoms with Crippen LogP contribution in [0.5, 0.6) is 11.5 Å². The average molecular weight is 349 g/mol. The largest absolute Gasteiger partial charge is 0.493 e. The Morgan fingerprint density at radius 2 is 1.81 bits per heavy atom. The Balaban J connectivity index is 1.91. The van der Waals surface area contributed by atoms with Crippen LogP contribution in [-0.4, -0.2) is 19.2 Å². The molecule has 1 aromatic heterocycles. The highest BCUT2D eigenvalue weighted by molar-refractivity contribution is 5.63. The van der Waals surface area contributed by atoms with Gasteiger partial charge in [-0.25, -0.2) is 0 Å². The highest BCUT2D eigenvalue weighted by atomic mass is 16.5. The van der Waals surface area contributed by atoms with Crippen molar-refractivity contribution >= 4 is 5.88 Å². The Morgan fingerprint density at radius 1 is 1.08 bits per heavy atom. The molecule has 0 fully saturated rings. The Labute approximate surface area is 152 Å². The summed E-state index contributed by atoms with van der Waals surface area (Å²) >= 11 is 0. The minimum Gasteiger partial charge on any atom is -0.493 e. The number of aromatic nitrogens is 1. The lowest BCUT2D eigenvalue weighted by Crippen LogP contribution is -2.06. The standard InChI is InChI=1S/C20H19N3O3/c1-13(14-7-5-4-6-8-14)22-20-16(12-21)23-19(26-20)15-9-10-17(24-2)18(11-15)25-3/h4-11,13,22H,1-3H3/t13-/m0/s1. The number of oxazole rings is 1. The van der Waals surface area contributed by atoms with Crippen molar-refractivity contribution < 1.29 is 13.9 Å². The molecule has 6 heteroatoms. The summed E-state index contributed by atoms with van der Waals surface area (Å²) in [6.45, 7) is 2.00. The van der Waals surface area contributed by atoms with Crippen LogP contribution in [0.4, 0.5) is 5.88 Å². The quantitative estimate of drug-likeness (QED) is 0.710. The molecule has 2 aromatic carbocycles. The SMILES string of the molecule is COc1ccc(-c2nc(C#N)c(N[C@@H](C)c3ccccc3)o2)cc1OC. The van der Waals surface area contributed by atoms with Crippen molar-refractivity contribution in [3.05, 3.63) is 59.8 Å². The molecule has 0 aliphatic rings. The number of hydrogen-bond donors (Lipinski definition) is 1. The third-order valence-electron chi connectivity index (χ3n) is 4.01. The van der Waals surface area contributed by atoms with Gasteiger partial charge in [0.05, 0.1) is 20.3 Å². The lowest BCUT2D eigenvalue weighted by Gasteiger charge is -2.13. The van der Waals surface area contributed by atoms with Crippen LogP contribution in [0.1, 0.15) is 24.2 Å². The van der Waals surface area contributed by atoms with Crippen LogP contribution in [0.2, 0.25) is 0 Å². The summed E-state index contributed by atoms with van der Waals surface area (Å²) in [6.07, 6.45) is 0. The summed E-state index contributed by atoms with van der Waals surface area (Å²) in [4.78, 5) is 4.29. The fraction of sp³-hybridized carbons (Fsp3) is 0.200. The first-order valence-corrected chi connectivity index (χ1v) is 8.11. The average Bonchev–Trinajstić information content (AvgIpc) is 3.10. The molecule has 3 aromatic rings. The number of hydrogen-bond acceptors (Lipinski definition) is 6. The molecular formula is C20H19N3O3. The molecule has 1 heterocycles. The van der Waals surface area contributed by atoms with E-state index in [-0.39, 0.29) is 11.7 Å². The van der Waals surface area contributed by atoms with Crippen LogP contribution in [0.15, 0.2) is 52.9 Å². The fourth-order valence-corrected chi connectivity index (χ4v) is 2.61. The van der Waals surface area contributed by atoms with Gasteiger partial charge in [0, 0.05) is 5.56 Å². The van der Waals surface area contributed by atoms with Gasteiger partial charge in [0.1, 0.15) is 6.07 Å². The first-order valence-electron chi connectivity index (χ1n) is 8.11. The minimum absolute atomic E-state index is 0.0329. The maximum Gasteiger partial charge on any atom is 0.233 e. The van der Waals surface area contributed by atoms with Gasteiger partial charge in [0.15, 0.2) is 11.5 Å². The van der Waals surface area contributed by atoms with Gasteiger partial charge in [0.2, 0.25) is 17.5 Å². The van der Waals surface area contributed by atoms with E-state index in [9.17, 15) is 5.26 Å². The minimum atomic E-state index is -0.0329. The van der Waals surface area contributed by atoms with E-state index in [0.29, 0.717) is 28.8 Å². The van der Waals surface area contributed by atoms with Crippen molar-refractivity contribution in [1.29, 1.82) is 5.26 Å². The number of nitrogens with zero attached hydrogens (tertiary/aromatic N) is 2. The van der Waals surface area contributed by atoms with Gasteiger partial charge in [-0.15, -0.1) is 0 Å². The Morgan fingerprint density at radius 3 is 2.46 bits per heavy atom. The van der Waals surface area contributed by atoms with Crippen LogP contribution in [-0.2, 0) is 0 Å². The molecule has 0 aliphatic heterocycles. The molecule has 3 rings (SSSR count). The lowest BCUT2D eigenvalue weighted by molar-refractivity contribution is 0.355. The second-order valence-corrected chi connectivity index (χ2v) is 5.66. The number of rotatable bonds is 6. The molecule has 0 aliphatic carbocycles. The van der Waals surface area contributed by atoms with Crippen molar-refractivity contribution in [2.24, 2.45) is 0 Å². The van der Waals surface area contributed by atoms with E-state index in [1.807, 2.05) is 37.3 Å². The third kappa shape index (κ3) is 3.47. The fourth-order valence-electron chi connectivity index (χ4n) is 2.61. The summed E-state index contributed by atoms with van der Waals surface area (Å²) in [6, 6.07) is 17.3. The first-order chi connectivity index (χ1) is 12.7. The van der Waals surface area contributed by atoms with Gasteiger partial charge in [-0.1, -0.05) is 30.3 Å². The molecule has 0 saturated heterocycles. The van der Waals surface area contributed by atoms with Gasteiger partial charge >= 0.3 is 0 Å². The molecule has 26 heavy (non-hydrogen) atoms.